The quantitative estimate of drug-likeness (QED) is 0.627. The van der Waals surface area contributed by atoms with E-state index in [0.717, 1.165) is 17.5 Å². The van der Waals surface area contributed by atoms with Crippen molar-refractivity contribution in [3.63, 3.8) is 0 Å². The predicted molar refractivity (Wildman–Crippen MR) is 94.1 cm³/mol. The third kappa shape index (κ3) is 2.12. The van der Waals surface area contributed by atoms with Gasteiger partial charge in [0.05, 0.1) is 31.3 Å². The molecule has 4 unspecified atom stereocenters. The fourth-order valence-electron chi connectivity index (χ4n) is 4.85. The van der Waals surface area contributed by atoms with E-state index >= 15 is 0 Å². The largest absolute Gasteiger partial charge is 0.493 e. The first-order valence-electron chi connectivity index (χ1n) is 9.06. The zero-order valence-corrected chi connectivity index (χ0v) is 15.2. The summed E-state index contributed by atoms with van der Waals surface area (Å²) < 4.78 is 16.8. The van der Waals surface area contributed by atoms with E-state index in [9.17, 15) is 9.90 Å². The molecule has 4 aliphatic rings. The molecule has 1 N–H and O–H groups in total. The lowest BCUT2D eigenvalue weighted by atomic mass is 9.68. The minimum atomic E-state index is -0.533. The molecule has 1 aliphatic carbocycles. The molecule has 3 heterocycles. The number of benzene rings is 1. The van der Waals surface area contributed by atoms with Gasteiger partial charge in [-0.3, -0.25) is 0 Å². The molecule has 1 aromatic rings. The number of fused-ring (bicyclic) bond motifs is 2. The van der Waals surface area contributed by atoms with Crippen LogP contribution in [0.2, 0.25) is 0 Å². The van der Waals surface area contributed by atoms with Gasteiger partial charge in [-0.2, -0.15) is 0 Å². The number of nitrogens with zero attached hydrogens (tertiary/aromatic N) is 1. The Kier molecular flexibility index (Phi) is 3.54. The maximum atomic E-state index is 12.3. The Labute approximate surface area is 156 Å². The maximum absolute atomic E-state index is 12.3. The summed E-state index contributed by atoms with van der Waals surface area (Å²) in [5.41, 5.74) is 2.04. The third-order valence-corrected chi connectivity index (χ3v) is 6.10. The number of esters is 1. The molecule has 1 aromatic carbocycles. The second-order valence-electron chi connectivity index (χ2n) is 7.33. The predicted octanol–water partition coefficient (Wildman–Crippen LogP) is 1.76. The first-order chi connectivity index (χ1) is 13.1. The highest BCUT2D eigenvalue weighted by atomic mass is 16.7. The lowest BCUT2D eigenvalue weighted by Gasteiger charge is -2.35. The molecule has 1 spiro atoms. The van der Waals surface area contributed by atoms with Gasteiger partial charge in [0.2, 0.25) is 0 Å². The Morgan fingerprint density at radius 1 is 1.37 bits per heavy atom. The Bertz CT molecular complexity index is 877. The topological polar surface area (TPSA) is 77.5 Å². The molecular weight excluding hydrogens is 350 g/mol. The lowest BCUT2D eigenvalue weighted by Crippen LogP contribution is -2.42. The molecule has 0 aromatic heterocycles. The average molecular weight is 371 g/mol. The van der Waals surface area contributed by atoms with Crippen LogP contribution in [0.3, 0.4) is 0 Å². The molecular formula is C20H21NO6. The summed E-state index contributed by atoms with van der Waals surface area (Å²) in [5.74, 6) is 0.936. The number of ether oxygens (including phenoxy) is 3. The van der Waals surface area contributed by atoms with Crippen LogP contribution < -0.4 is 9.47 Å². The van der Waals surface area contributed by atoms with Gasteiger partial charge in [-0.25, -0.2) is 4.79 Å². The normalized spacial score (nSPS) is 33.0. The summed E-state index contributed by atoms with van der Waals surface area (Å²) in [6.45, 7) is 0.610. The van der Waals surface area contributed by atoms with Crippen molar-refractivity contribution in [1.82, 2.24) is 5.06 Å². The SMILES string of the molecule is COC(=O)C1=CON2CCC34C=CC(O)CC3Oc3c(OC)ccc(c34)C12. The van der Waals surface area contributed by atoms with Crippen LogP contribution in [0.1, 0.15) is 30.0 Å². The van der Waals surface area contributed by atoms with E-state index in [1.54, 1.807) is 7.11 Å². The third-order valence-electron chi connectivity index (χ3n) is 6.10. The summed E-state index contributed by atoms with van der Waals surface area (Å²) in [6.07, 6.45) is 5.91. The Hall–Kier alpha value is -2.51. The van der Waals surface area contributed by atoms with E-state index in [0.29, 0.717) is 30.0 Å². The van der Waals surface area contributed by atoms with Crippen LogP contribution in [0, 0.1) is 0 Å². The second kappa shape index (κ2) is 5.74. The van der Waals surface area contributed by atoms with E-state index in [1.165, 1.54) is 13.4 Å². The minimum Gasteiger partial charge on any atom is -0.493 e. The van der Waals surface area contributed by atoms with Crippen molar-refractivity contribution in [2.75, 3.05) is 20.8 Å². The van der Waals surface area contributed by atoms with Crippen LogP contribution in [0.25, 0.3) is 0 Å². The van der Waals surface area contributed by atoms with Crippen molar-refractivity contribution in [2.45, 2.75) is 36.5 Å². The van der Waals surface area contributed by atoms with Gasteiger partial charge in [0.15, 0.2) is 11.5 Å². The van der Waals surface area contributed by atoms with Crippen LogP contribution in [0.4, 0.5) is 0 Å². The van der Waals surface area contributed by atoms with Gasteiger partial charge in [-0.1, -0.05) is 18.2 Å². The molecule has 0 saturated carbocycles. The van der Waals surface area contributed by atoms with Gasteiger partial charge >= 0.3 is 5.97 Å². The molecule has 4 atom stereocenters. The number of hydrogen-bond acceptors (Lipinski definition) is 7. The minimum absolute atomic E-state index is 0.187. The van der Waals surface area contributed by atoms with E-state index in [4.69, 9.17) is 19.0 Å². The lowest BCUT2D eigenvalue weighted by molar-refractivity contribution is -0.138. The summed E-state index contributed by atoms with van der Waals surface area (Å²) >= 11 is 0. The van der Waals surface area contributed by atoms with E-state index in [-0.39, 0.29) is 17.6 Å². The molecule has 0 bridgehead atoms. The summed E-state index contributed by atoms with van der Waals surface area (Å²) in [4.78, 5) is 18.0. The molecule has 0 amide bonds. The highest BCUT2D eigenvalue weighted by Crippen LogP contribution is 2.58. The van der Waals surface area contributed by atoms with E-state index < -0.39 is 12.1 Å². The Morgan fingerprint density at radius 3 is 3.00 bits per heavy atom. The van der Waals surface area contributed by atoms with Gasteiger partial charge in [0.1, 0.15) is 18.4 Å². The molecule has 0 fully saturated rings. The number of carbonyl (C=O) groups is 1. The van der Waals surface area contributed by atoms with E-state index in [2.05, 4.69) is 6.08 Å². The number of aliphatic hydroxyl groups excluding tert-OH is 1. The molecule has 142 valence electrons. The van der Waals surface area contributed by atoms with Crippen molar-refractivity contribution >= 4 is 5.97 Å². The molecule has 0 radical (unpaired) electrons. The van der Waals surface area contributed by atoms with Crippen LogP contribution in [0.5, 0.6) is 11.5 Å². The second-order valence-corrected chi connectivity index (χ2v) is 7.33. The fraction of sp³-hybridized carbons (Fsp3) is 0.450. The first kappa shape index (κ1) is 16.6. The Morgan fingerprint density at radius 2 is 2.22 bits per heavy atom. The van der Waals surface area contributed by atoms with Crippen molar-refractivity contribution in [2.24, 2.45) is 0 Å². The number of methoxy groups -OCH3 is 2. The molecule has 27 heavy (non-hydrogen) atoms. The van der Waals surface area contributed by atoms with Gasteiger partial charge in [0.25, 0.3) is 0 Å². The molecule has 3 aliphatic heterocycles. The fourth-order valence-corrected chi connectivity index (χ4v) is 4.85. The Balaban J connectivity index is 1.74. The average Bonchev–Trinajstić information content (AvgIpc) is 3.21. The summed E-state index contributed by atoms with van der Waals surface area (Å²) in [7, 11) is 2.98. The maximum Gasteiger partial charge on any atom is 0.339 e. The summed E-state index contributed by atoms with van der Waals surface area (Å²) in [6, 6.07) is 3.47. The van der Waals surface area contributed by atoms with Crippen molar-refractivity contribution in [3.05, 3.63) is 47.2 Å². The van der Waals surface area contributed by atoms with Crippen molar-refractivity contribution in [1.29, 1.82) is 0 Å². The molecule has 7 nitrogen and oxygen atoms in total. The number of hydroxylamine groups is 2. The molecule has 7 heteroatoms. The van der Waals surface area contributed by atoms with Crippen molar-refractivity contribution < 1.29 is 28.9 Å². The summed E-state index contributed by atoms with van der Waals surface area (Å²) in [5, 5.41) is 12.0. The van der Waals surface area contributed by atoms with Crippen LogP contribution in [-0.4, -0.2) is 49.1 Å². The smallest absolute Gasteiger partial charge is 0.339 e. The molecule has 0 saturated heterocycles. The first-order valence-corrected chi connectivity index (χ1v) is 9.06. The number of carbonyl (C=O) groups excluding carboxylic acids is 1. The van der Waals surface area contributed by atoms with Crippen LogP contribution in [0.15, 0.2) is 36.1 Å². The highest BCUT2D eigenvalue weighted by Gasteiger charge is 2.56. The van der Waals surface area contributed by atoms with E-state index in [1.807, 2.05) is 23.3 Å². The van der Waals surface area contributed by atoms with Gasteiger partial charge < -0.3 is 24.2 Å². The van der Waals surface area contributed by atoms with Crippen LogP contribution in [-0.2, 0) is 19.8 Å². The van der Waals surface area contributed by atoms with Gasteiger partial charge in [0, 0.05) is 18.5 Å². The highest BCUT2D eigenvalue weighted by molar-refractivity contribution is 5.90. The monoisotopic (exact) mass is 371 g/mol. The van der Waals surface area contributed by atoms with Gasteiger partial charge in [-0.05, 0) is 18.1 Å². The molecule has 5 rings (SSSR count). The number of aliphatic hydroxyl groups is 1. The zero-order valence-electron chi connectivity index (χ0n) is 15.2. The standard InChI is InChI=1S/C20H21NO6/c1-24-14-4-3-12-16-18(14)27-15-9-11(22)5-6-20(15,16)7-8-21-17(12)13(10-26-21)19(23)25-2/h3-6,10-11,15,17,22H,7-9H2,1-2H3. The zero-order chi connectivity index (χ0) is 18.8. The number of hydrogen-bond donors (Lipinski definition) is 1. The van der Waals surface area contributed by atoms with Gasteiger partial charge in [-0.15, -0.1) is 5.06 Å². The number of rotatable bonds is 2. The van der Waals surface area contributed by atoms with Crippen LogP contribution >= 0.6 is 0 Å². The van der Waals surface area contributed by atoms with Crippen molar-refractivity contribution in [3.8, 4) is 11.5 Å².